The first-order valence-electron chi connectivity index (χ1n) is 5.08. The van der Waals surface area contributed by atoms with E-state index in [-0.39, 0.29) is 0 Å². The normalized spacial score (nSPS) is 14.7. The van der Waals surface area contributed by atoms with Crippen LogP contribution in [0.25, 0.3) is 0 Å². The molecule has 0 bridgehead atoms. The summed E-state index contributed by atoms with van der Waals surface area (Å²) in [6.07, 6.45) is 3.11. The quantitative estimate of drug-likeness (QED) is 0.407. The summed E-state index contributed by atoms with van der Waals surface area (Å²) in [5.41, 5.74) is 0. The van der Waals surface area contributed by atoms with Crippen LogP contribution in [0.15, 0.2) is 43.0 Å². The Balaban J connectivity index is 2.92. The van der Waals surface area contributed by atoms with Crippen LogP contribution in [-0.4, -0.2) is 7.38 Å². The van der Waals surface area contributed by atoms with Crippen molar-refractivity contribution in [3.05, 3.63) is 43.0 Å². The van der Waals surface area contributed by atoms with E-state index in [0.29, 0.717) is 0 Å². The van der Waals surface area contributed by atoms with Crippen molar-refractivity contribution in [1.29, 1.82) is 0 Å². The topological polar surface area (TPSA) is 0 Å². The molecule has 0 radical (unpaired) electrons. The summed E-state index contributed by atoms with van der Waals surface area (Å²) >= 11 is 6.73. The van der Waals surface area contributed by atoms with Gasteiger partial charge in [-0.25, -0.2) is 0 Å². The zero-order valence-electron chi connectivity index (χ0n) is 8.67. The summed E-state index contributed by atoms with van der Waals surface area (Å²) in [6.45, 7) is 5.99. The molecule has 0 spiro atoms. The summed E-state index contributed by atoms with van der Waals surface area (Å²) in [6, 6.07) is 12.6. The molecule has 2 heteroatoms. The van der Waals surface area contributed by atoms with Gasteiger partial charge in [-0.05, 0) is 17.3 Å². The second-order valence-electron chi connectivity index (χ2n) is 3.57. The maximum Gasteiger partial charge on any atom is 0.190 e. The standard InChI is InChI=1S/C12H17ClSi/c1-3-10-14(13,11-4-2)12-8-6-5-7-9-12/h3,5-9H,1,4,10-11H2,2H3. The maximum atomic E-state index is 6.73. The minimum atomic E-state index is -1.77. The predicted octanol–water partition coefficient (Wildman–Crippen LogP) is 3.67. The van der Waals surface area contributed by atoms with Gasteiger partial charge in [-0.1, -0.05) is 49.8 Å². The molecule has 0 nitrogen and oxygen atoms in total. The van der Waals surface area contributed by atoms with Crippen LogP contribution < -0.4 is 5.19 Å². The third-order valence-electron chi connectivity index (χ3n) is 2.41. The third kappa shape index (κ3) is 2.73. The van der Waals surface area contributed by atoms with E-state index in [1.165, 1.54) is 5.19 Å². The molecular formula is C12H17ClSi. The molecule has 1 atom stereocenters. The van der Waals surface area contributed by atoms with Crippen molar-refractivity contribution in [2.75, 3.05) is 0 Å². The van der Waals surface area contributed by atoms with Crippen LogP contribution in [0.5, 0.6) is 0 Å². The fraction of sp³-hybridized carbons (Fsp3) is 0.333. The van der Waals surface area contributed by atoms with Crippen molar-refractivity contribution in [1.82, 2.24) is 0 Å². The second kappa shape index (κ2) is 5.37. The molecule has 1 aromatic rings. The highest BCUT2D eigenvalue weighted by Gasteiger charge is 2.30. The molecule has 1 rings (SSSR count). The van der Waals surface area contributed by atoms with E-state index in [9.17, 15) is 0 Å². The molecule has 0 aliphatic heterocycles. The Hall–Kier alpha value is -0.533. The Labute approximate surface area is 92.3 Å². The Morgan fingerprint density at radius 2 is 2.00 bits per heavy atom. The zero-order chi connectivity index (χ0) is 10.4. The molecular weight excluding hydrogens is 208 g/mol. The first kappa shape index (κ1) is 11.5. The Morgan fingerprint density at radius 3 is 2.50 bits per heavy atom. The Kier molecular flexibility index (Phi) is 4.43. The molecule has 0 aliphatic carbocycles. The highest BCUT2D eigenvalue weighted by molar-refractivity contribution is 7.27. The summed E-state index contributed by atoms with van der Waals surface area (Å²) in [4.78, 5) is 0. The van der Waals surface area contributed by atoms with Gasteiger partial charge in [0.05, 0.1) is 0 Å². The van der Waals surface area contributed by atoms with Crippen LogP contribution in [0, 0.1) is 0 Å². The van der Waals surface area contributed by atoms with Crippen LogP contribution >= 0.6 is 11.1 Å². The van der Waals surface area contributed by atoms with Crippen molar-refractivity contribution >= 4 is 23.6 Å². The van der Waals surface area contributed by atoms with Crippen molar-refractivity contribution < 1.29 is 0 Å². The Morgan fingerprint density at radius 1 is 1.36 bits per heavy atom. The van der Waals surface area contributed by atoms with Crippen LogP contribution in [0.2, 0.25) is 12.1 Å². The summed E-state index contributed by atoms with van der Waals surface area (Å²) < 4.78 is 0. The highest BCUT2D eigenvalue weighted by Crippen LogP contribution is 2.22. The molecule has 0 aliphatic rings. The zero-order valence-corrected chi connectivity index (χ0v) is 10.4. The summed E-state index contributed by atoms with van der Waals surface area (Å²) in [5, 5.41) is 1.34. The van der Waals surface area contributed by atoms with E-state index in [0.717, 1.165) is 18.5 Å². The average molecular weight is 225 g/mol. The molecule has 0 amide bonds. The van der Waals surface area contributed by atoms with Gasteiger partial charge in [-0.2, -0.15) is 11.1 Å². The minimum absolute atomic E-state index is 0.965. The van der Waals surface area contributed by atoms with Gasteiger partial charge in [-0.15, -0.1) is 6.58 Å². The van der Waals surface area contributed by atoms with Crippen LogP contribution in [-0.2, 0) is 0 Å². The molecule has 0 saturated heterocycles. The lowest BCUT2D eigenvalue weighted by Gasteiger charge is -2.22. The van der Waals surface area contributed by atoms with Gasteiger partial charge in [-0.3, -0.25) is 0 Å². The van der Waals surface area contributed by atoms with E-state index in [1.807, 2.05) is 12.1 Å². The molecule has 0 saturated carbocycles. The van der Waals surface area contributed by atoms with Gasteiger partial charge >= 0.3 is 0 Å². The van der Waals surface area contributed by atoms with Crippen LogP contribution in [0.4, 0.5) is 0 Å². The first-order valence-corrected chi connectivity index (χ1v) is 8.51. The largest absolute Gasteiger partial charge is 0.190 e. The van der Waals surface area contributed by atoms with E-state index in [2.05, 4.69) is 37.8 Å². The fourth-order valence-electron chi connectivity index (χ4n) is 1.73. The van der Waals surface area contributed by atoms with Crippen molar-refractivity contribution in [3.8, 4) is 0 Å². The van der Waals surface area contributed by atoms with E-state index in [4.69, 9.17) is 11.1 Å². The molecule has 1 unspecified atom stereocenters. The molecule has 14 heavy (non-hydrogen) atoms. The van der Waals surface area contributed by atoms with Crippen molar-refractivity contribution in [2.24, 2.45) is 0 Å². The van der Waals surface area contributed by atoms with Gasteiger partial charge in [0.15, 0.2) is 7.38 Å². The smallest absolute Gasteiger partial charge is 0.161 e. The van der Waals surface area contributed by atoms with Crippen molar-refractivity contribution in [2.45, 2.75) is 25.4 Å². The molecule has 0 fully saturated rings. The van der Waals surface area contributed by atoms with Gasteiger partial charge in [0, 0.05) is 0 Å². The number of halogens is 1. The number of rotatable bonds is 5. The van der Waals surface area contributed by atoms with E-state index in [1.54, 1.807) is 0 Å². The lowest BCUT2D eigenvalue weighted by atomic mass is 10.4. The lowest BCUT2D eigenvalue weighted by Crippen LogP contribution is -2.41. The maximum absolute atomic E-state index is 6.73. The SMILES string of the molecule is C=CC[Si](Cl)(CCC)c1ccccc1. The van der Waals surface area contributed by atoms with Crippen molar-refractivity contribution in [3.63, 3.8) is 0 Å². The molecule has 76 valence electrons. The van der Waals surface area contributed by atoms with E-state index >= 15 is 0 Å². The lowest BCUT2D eigenvalue weighted by molar-refractivity contribution is 1.06. The first-order chi connectivity index (χ1) is 6.73. The van der Waals surface area contributed by atoms with Crippen LogP contribution in [0.3, 0.4) is 0 Å². The summed E-state index contributed by atoms with van der Waals surface area (Å²) in [5.74, 6) is 0. The minimum Gasteiger partial charge on any atom is -0.161 e. The number of hydrogen-bond acceptors (Lipinski definition) is 0. The third-order valence-corrected chi connectivity index (χ3v) is 7.69. The predicted molar refractivity (Wildman–Crippen MR) is 67.8 cm³/mol. The van der Waals surface area contributed by atoms with Crippen LogP contribution in [0.1, 0.15) is 13.3 Å². The molecule has 0 aromatic heterocycles. The monoisotopic (exact) mass is 224 g/mol. The molecule has 0 N–H and O–H groups in total. The second-order valence-corrected chi connectivity index (χ2v) is 9.16. The number of benzene rings is 1. The highest BCUT2D eigenvalue weighted by atomic mass is 35.6. The van der Waals surface area contributed by atoms with Gasteiger partial charge in [0.1, 0.15) is 0 Å². The Bertz CT molecular complexity index is 284. The number of hydrogen-bond donors (Lipinski definition) is 0. The molecule has 1 aromatic carbocycles. The number of allylic oxidation sites excluding steroid dienone is 1. The molecule has 0 heterocycles. The average Bonchev–Trinajstić information content (AvgIpc) is 2.20. The van der Waals surface area contributed by atoms with Gasteiger partial charge in [0.25, 0.3) is 0 Å². The van der Waals surface area contributed by atoms with Gasteiger partial charge < -0.3 is 0 Å². The fourth-order valence-corrected chi connectivity index (χ4v) is 5.77. The van der Waals surface area contributed by atoms with E-state index < -0.39 is 7.38 Å². The summed E-state index contributed by atoms with van der Waals surface area (Å²) in [7, 11) is -1.77. The van der Waals surface area contributed by atoms with Gasteiger partial charge in [0.2, 0.25) is 0 Å².